The van der Waals surface area contributed by atoms with Gasteiger partial charge in [-0.3, -0.25) is 14.5 Å². The molecule has 0 aromatic rings. The minimum absolute atomic E-state index is 0.112. The second-order valence-electron chi connectivity index (χ2n) is 15.9. The molecule has 1 aliphatic carbocycles. The van der Waals surface area contributed by atoms with Crippen LogP contribution in [0.4, 0.5) is 0 Å². The fourth-order valence-electron chi connectivity index (χ4n) is 8.53. The first kappa shape index (κ1) is 37.3. The molecule has 2 saturated heterocycles. The Morgan fingerprint density at radius 1 is 0.727 bits per heavy atom. The molecule has 1 amide bonds. The number of nitrogens with zero attached hydrogens (tertiary/aromatic N) is 2. The number of ether oxygens (including phenoxy) is 2. The van der Waals surface area contributed by atoms with E-state index in [-0.39, 0.29) is 29.4 Å². The van der Waals surface area contributed by atoms with Crippen LogP contribution in [0.5, 0.6) is 0 Å². The quantitative estimate of drug-likeness (QED) is 0.143. The lowest BCUT2D eigenvalue weighted by molar-refractivity contribution is -0.197. The van der Waals surface area contributed by atoms with Gasteiger partial charge in [0.25, 0.3) is 5.91 Å². The van der Waals surface area contributed by atoms with Crippen molar-refractivity contribution in [1.82, 2.24) is 9.80 Å². The maximum Gasteiger partial charge on any atom is 0.307 e. The van der Waals surface area contributed by atoms with Crippen molar-refractivity contribution in [2.45, 2.75) is 211 Å². The van der Waals surface area contributed by atoms with Crippen molar-refractivity contribution in [3.63, 3.8) is 0 Å². The zero-order chi connectivity index (χ0) is 32.1. The molecule has 3 rings (SSSR count). The Labute approximate surface area is 271 Å². The topological polar surface area (TPSA) is 59.1 Å². The number of unbranched alkanes of at least 4 members (excludes halogenated alkanes) is 9. The lowest BCUT2D eigenvalue weighted by atomic mass is 9.71. The molecule has 3 fully saturated rings. The molecule has 0 radical (unpaired) electrons. The molecule has 0 N–H and O–H groups in total. The second kappa shape index (κ2) is 17.7. The molecule has 0 atom stereocenters. The molecule has 6 heteroatoms. The molecule has 0 aromatic heterocycles. The minimum Gasteiger partial charge on any atom is -0.466 e. The van der Waals surface area contributed by atoms with Gasteiger partial charge in [-0.05, 0) is 66.8 Å². The van der Waals surface area contributed by atoms with Crippen molar-refractivity contribution in [3.05, 3.63) is 0 Å². The van der Waals surface area contributed by atoms with Gasteiger partial charge in [0, 0.05) is 30.5 Å². The van der Waals surface area contributed by atoms with Gasteiger partial charge in [0.15, 0.2) is 5.60 Å². The summed E-state index contributed by atoms with van der Waals surface area (Å²) in [5, 5.41) is 0. The maximum atomic E-state index is 14.6. The first-order valence-electron chi connectivity index (χ1n) is 18.9. The Bertz CT molecular complexity index is 839. The number of carbonyl (C=O) groups excluding carboxylic acids is 2. The van der Waals surface area contributed by atoms with Crippen molar-refractivity contribution in [1.29, 1.82) is 0 Å². The fourth-order valence-corrected chi connectivity index (χ4v) is 8.53. The summed E-state index contributed by atoms with van der Waals surface area (Å²) in [6, 6.07) is 0. The highest BCUT2D eigenvalue weighted by atomic mass is 16.6. The maximum absolute atomic E-state index is 14.6. The van der Waals surface area contributed by atoms with Gasteiger partial charge in [0.1, 0.15) is 5.72 Å². The number of esters is 1. The van der Waals surface area contributed by atoms with Crippen LogP contribution in [0.3, 0.4) is 0 Å². The Morgan fingerprint density at radius 2 is 1.18 bits per heavy atom. The average Bonchev–Trinajstić information content (AvgIpc) is 3.16. The van der Waals surface area contributed by atoms with E-state index in [0.29, 0.717) is 26.0 Å². The standard InChI is InChI=1S/C38H70N2O4/c1-7-8-9-10-11-12-16-19-22-25-30-43-33(41)26-29-40-34(42)37(31-35(2,3)39(6)36(4,5)32-37)44-38(40)27-23-20-17-14-13-15-18-21-24-28-38/h7-32H2,1-6H3. The molecule has 3 aliphatic rings. The summed E-state index contributed by atoms with van der Waals surface area (Å²) in [6.07, 6.45) is 26.9. The Balaban J connectivity index is 1.61. The molecule has 2 heterocycles. The molecule has 2 aliphatic heterocycles. The molecule has 1 saturated carbocycles. The Hall–Kier alpha value is -1.14. The van der Waals surface area contributed by atoms with Gasteiger partial charge in [-0.25, -0.2) is 0 Å². The SMILES string of the molecule is CCCCCCCCCCCCOC(=O)CCN1C(=O)C2(CC(C)(C)N(C)C(C)(C)C2)OC12CCCCCCCCCCC2. The van der Waals surface area contributed by atoms with E-state index in [1.807, 2.05) is 4.90 Å². The number of carbonyl (C=O) groups is 2. The van der Waals surface area contributed by atoms with E-state index in [2.05, 4.69) is 46.6 Å². The first-order valence-corrected chi connectivity index (χ1v) is 18.9. The van der Waals surface area contributed by atoms with Gasteiger partial charge >= 0.3 is 5.97 Å². The fraction of sp³-hybridized carbons (Fsp3) is 0.947. The van der Waals surface area contributed by atoms with Crippen LogP contribution in [-0.2, 0) is 19.1 Å². The zero-order valence-electron chi connectivity index (χ0n) is 29.9. The predicted octanol–water partition coefficient (Wildman–Crippen LogP) is 9.72. The van der Waals surface area contributed by atoms with Crippen molar-refractivity contribution in [2.24, 2.45) is 0 Å². The van der Waals surface area contributed by atoms with Crippen LogP contribution in [0.1, 0.15) is 189 Å². The number of amides is 1. The summed E-state index contributed by atoms with van der Waals surface area (Å²) >= 11 is 0. The van der Waals surface area contributed by atoms with Gasteiger partial charge in [-0.1, -0.05) is 110 Å². The van der Waals surface area contributed by atoms with E-state index in [1.54, 1.807) is 0 Å². The summed E-state index contributed by atoms with van der Waals surface area (Å²) in [5.41, 5.74) is -1.80. The molecule has 6 nitrogen and oxygen atoms in total. The highest BCUT2D eigenvalue weighted by Crippen LogP contribution is 2.53. The minimum atomic E-state index is -0.837. The largest absolute Gasteiger partial charge is 0.466 e. The Morgan fingerprint density at radius 3 is 1.68 bits per heavy atom. The van der Waals surface area contributed by atoms with Crippen molar-refractivity contribution in [2.75, 3.05) is 20.2 Å². The van der Waals surface area contributed by atoms with E-state index in [1.165, 1.54) is 96.3 Å². The third-order valence-electron chi connectivity index (χ3n) is 11.2. The van der Waals surface area contributed by atoms with E-state index in [9.17, 15) is 9.59 Å². The number of piperidine rings is 1. The average molecular weight is 619 g/mol. The summed E-state index contributed by atoms with van der Waals surface area (Å²) in [6.45, 7) is 12.1. The van der Waals surface area contributed by atoms with Gasteiger partial charge in [-0.2, -0.15) is 0 Å². The normalized spacial score (nSPS) is 23.9. The summed E-state index contributed by atoms with van der Waals surface area (Å²) in [5.74, 6) is -0.0663. The molecular formula is C38H70N2O4. The smallest absolute Gasteiger partial charge is 0.307 e. The van der Waals surface area contributed by atoms with E-state index in [0.717, 1.165) is 38.5 Å². The molecular weight excluding hydrogens is 548 g/mol. The van der Waals surface area contributed by atoms with Crippen LogP contribution in [0, 0.1) is 0 Å². The summed E-state index contributed by atoms with van der Waals surface area (Å²) in [4.78, 5) is 32.0. The molecule has 0 aromatic carbocycles. The van der Waals surface area contributed by atoms with Gasteiger partial charge < -0.3 is 14.4 Å². The van der Waals surface area contributed by atoms with Crippen LogP contribution in [0.25, 0.3) is 0 Å². The van der Waals surface area contributed by atoms with Crippen molar-refractivity contribution in [3.8, 4) is 0 Å². The number of hydrogen-bond donors (Lipinski definition) is 0. The summed E-state index contributed by atoms with van der Waals surface area (Å²) in [7, 11) is 2.18. The van der Waals surface area contributed by atoms with Crippen LogP contribution >= 0.6 is 0 Å². The first-order chi connectivity index (χ1) is 21.0. The van der Waals surface area contributed by atoms with Crippen LogP contribution in [-0.4, -0.2) is 64.3 Å². The third-order valence-corrected chi connectivity index (χ3v) is 11.2. The van der Waals surface area contributed by atoms with E-state index in [4.69, 9.17) is 9.47 Å². The number of hydrogen-bond acceptors (Lipinski definition) is 5. The van der Waals surface area contributed by atoms with Crippen LogP contribution in [0.15, 0.2) is 0 Å². The van der Waals surface area contributed by atoms with Crippen LogP contribution < -0.4 is 0 Å². The Kier molecular flexibility index (Phi) is 15.0. The third kappa shape index (κ3) is 10.4. The van der Waals surface area contributed by atoms with Crippen molar-refractivity contribution < 1.29 is 19.1 Å². The highest BCUT2D eigenvalue weighted by molar-refractivity contribution is 5.89. The van der Waals surface area contributed by atoms with E-state index < -0.39 is 11.3 Å². The second-order valence-corrected chi connectivity index (χ2v) is 15.9. The van der Waals surface area contributed by atoms with Gasteiger partial charge in [0.2, 0.25) is 0 Å². The lowest BCUT2D eigenvalue weighted by Gasteiger charge is -2.56. The lowest BCUT2D eigenvalue weighted by Crippen LogP contribution is -2.66. The molecule has 0 unspecified atom stereocenters. The van der Waals surface area contributed by atoms with Gasteiger partial charge in [-0.15, -0.1) is 0 Å². The number of rotatable bonds is 14. The molecule has 256 valence electrons. The predicted molar refractivity (Wildman–Crippen MR) is 182 cm³/mol. The summed E-state index contributed by atoms with van der Waals surface area (Å²) < 4.78 is 13.0. The zero-order valence-corrected chi connectivity index (χ0v) is 29.9. The highest BCUT2D eigenvalue weighted by Gasteiger charge is 2.65. The molecule has 2 spiro atoms. The van der Waals surface area contributed by atoms with Gasteiger partial charge in [0.05, 0.1) is 13.0 Å². The molecule has 44 heavy (non-hydrogen) atoms. The van der Waals surface area contributed by atoms with Crippen LogP contribution in [0.2, 0.25) is 0 Å². The molecule has 0 bridgehead atoms. The monoisotopic (exact) mass is 619 g/mol. The van der Waals surface area contributed by atoms with E-state index >= 15 is 0 Å². The number of likely N-dealkylation sites (tertiary alicyclic amines) is 1. The van der Waals surface area contributed by atoms with Crippen molar-refractivity contribution >= 4 is 11.9 Å².